The van der Waals surface area contributed by atoms with E-state index < -0.39 is 23.0 Å². The van der Waals surface area contributed by atoms with E-state index in [4.69, 9.17) is 4.52 Å². The Kier molecular flexibility index (Phi) is 4.68. The summed E-state index contributed by atoms with van der Waals surface area (Å²) in [5, 5.41) is 31.0. The third kappa shape index (κ3) is 2.87. The zero-order valence-corrected chi connectivity index (χ0v) is 21.2. The van der Waals surface area contributed by atoms with Crippen molar-refractivity contribution in [1.29, 1.82) is 0 Å². The molecule has 188 valence electrons. The Morgan fingerprint density at radius 1 is 1.31 bits per heavy atom. The summed E-state index contributed by atoms with van der Waals surface area (Å²) in [5.41, 5.74) is 0.667. The lowest BCUT2D eigenvalue weighted by Crippen LogP contribution is -2.62. The third-order valence-corrected chi connectivity index (χ3v) is 11.0. The van der Waals surface area contributed by atoms with Crippen LogP contribution in [0, 0.1) is 28.6 Å². The summed E-state index contributed by atoms with van der Waals surface area (Å²) in [6.45, 7) is 4.28. The number of anilines is 1. The van der Waals surface area contributed by atoms with E-state index in [1.165, 1.54) is 16.9 Å². The first-order chi connectivity index (χ1) is 17.2. The van der Waals surface area contributed by atoms with Gasteiger partial charge in [0.25, 0.3) is 5.91 Å². The lowest BCUT2D eigenvalue weighted by atomic mass is 9.45. The molecule has 4 aliphatic carbocycles. The summed E-state index contributed by atoms with van der Waals surface area (Å²) in [6.07, 6.45) is 9.23. The first-order valence-electron chi connectivity index (χ1n) is 12.8. The maximum absolute atomic E-state index is 13.6. The van der Waals surface area contributed by atoms with Gasteiger partial charge in [-0.05, 0) is 79.9 Å². The highest BCUT2D eigenvalue weighted by atomic mass is 32.1. The summed E-state index contributed by atoms with van der Waals surface area (Å²) >= 11 is 1.30. The summed E-state index contributed by atoms with van der Waals surface area (Å²) in [5.74, 6) is 0.871. The lowest BCUT2D eigenvalue weighted by Gasteiger charge is -2.60. The minimum absolute atomic E-state index is 0.0689. The number of nitrogens with zero attached hydrogens (tertiary/aromatic N) is 3. The highest BCUT2D eigenvalue weighted by Gasteiger charge is 2.68. The van der Waals surface area contributed by atoms with Crippen LogP contribution in [-0.2, 0) is 11.2 Å². The van der Waals surface area contributed by atoms with Crippen LogP contribution in [0.5, 0.6) is 0 Å². The molecule has 7 rings (SSSR count). The smallest absolute Gasteiger partial charge is 0.258 e. The third-order valence-electron chi connectivity index (χ3n) is 10.1. The number of hydrogen-bond donors (Lipinski definition) is 3. The molecular formula is C27H30N4O4S. The molecule has 0 bridgehead atoms. The molecule has 3 fully saturated rings. The Morgan fingerprint density at radius 2 is 2.17 bits per heavy atom. The molecule has 0 radical (unpaired) electrons. The Labute approximate surface area is 212 Å². The van der Waals surface area contributed by atoms with Crippen molar-refractivity contribution < 1.29 is 19.5 Å². The summed E-state index contributed by atoms with van der Waals surface area (Å²) in [6, 6.07) is 3.67. The monoisotopic (exact) mass is 506 g/mol. The molecule has 0 spiro atoms. The van der Waals surface area contributed by atoms with E-state index in [1.54, 1.807) is 12.4 Å². The molecule has 3 N–H and O–H groups in total. The fourth-order valence-electron chi connectivity index (χ4n) is 8.42. The van der Waals surface area contributed by atoms with Crippen LogP contribution in [0.3, 0.4) is 0 Å². The number of nitrogens with one attached hydrogen (secondary N) is 1. The van der Waals surface area contributed by atoms with Gasteiger partial charge in [-0.15, -0.1) is 0 Å². The van der Waals surface area contributed by atoms with Crippen LogP contribution < -0.4 is 5.32 Å². The molecule has 9 heteroatoms. The van der Waals surface area contributed by atoms with Crippen LogP contribution in [-0.4, -0.2) is 42.9 Å². The summed E-state index contributed by atoms with van der Waals surface area (Å²) < 4.78 is 5.45. The fraction of sp³-hybridized carbons (Fsp3) is 0.556. The molecule has 1 amide bonds. The van der Waals surface area contributed by atoms with Gasteiger partial charge in [-0.1, -0.05) is 35.9 Å². The van der Waals surface area contributed by atoms with Gasteiger partial charge in [0.05, 0.1) is 12.3 Å². The normalized spacial score (nSPS) is 39.1. The van der Waals surface area contributed by atoms with Crippen LogP contribution in [0.25, 0.3) is 16.4 Å². The quantitative estimate of drug-likeness (QED) is 0.476. The van der Waals surface area contributed by atoms with Crippen LogP contribution in [0.4, 0.5) is 5.13 Å². The second-order valence-corrected chi connectivity index (χ2v) is 12.7. The highest BCUT2D eigenvalue weighted by molar-refractivity contribution is 7.21. The maximum atomic E-state index is 13.6. The molecule has 4 aliphatic rings. The average Bonchev–Trinajstić information content (AvgIpc) is 3.52. The predicted octanol–water partition coefficient (Wildman–Crippen LogP) is 4.20. The lowest BCUT2D eigenvalue weighted by molar-refractivity contribution is -0.177. The second-order valence-electron chi connectivity index (χ2n) is 11.7. The van der Waals surface area contributed by atoms with E-state index in [1.807, 2.05) is 19.1 Å². The van der Waals surface area contributed by atoms with E-state index in [-0.39, 0.29) is 23.2 Å². The predicted molar refractivity (Wildman–Crippen MR) is 135 cm³/mol. The molecular weight excluding hydrogens is 476 g/mol. The van der Waals surface area contributed by atoms with Gasteiger partial charge in [0.1, 0.15) is 15.9 Å². The molecule has 7 atom stereocenters. The number of thiazole rings is 1. The van der Waals surface area contributed by atoms with E-state index in [2.05, 4.69) is 33.4 Å². The number of amides is 1. The number of aromatic nitrogens is 3. The Bertz CT molecular complexity index is 1380. The molecule has 36 heavy (non-hydrogen) atoms. The van der Waals surface area contributed by atoms with Crippen molar-refractivity contribution in [2.75, 3.05) is 5.32 Å². The van der Waals surface area contributed by atoms with Crippen molar-refractivity contribution in [1.82, 2.24) is 15.1 Å². The zero-order chi connectivity index (χ0) is 24.9. The molecule has 3 saturated carbocycles. The molecule has 0 aliphatic heterocycles. The number of rotatable bonds is 2. The Hall–Kier alpha value is -2.62. The van der Waals surface area contributed by atoms with Gasteiger partial charge in [-0.2, -0.15) is 0 Å². The van der Waals surface area contributed by atoms with Crippen molar-refractivity contribution in [3.63, 3.8) is 0 Å². The van der Waals surface area contributed by atoms with Gasteiger partial charge in [0, 0.05) is 17.2 Å². The SMILES string of the molecule is C[C@]12Cc3cnoc3C=C1CCC1C2[C@@H](O)C[C@@]2(C)C1CC[C@]2(O)C(=O)Nc1nc2cccnc2s1. The molecule has 3 unspecified atom stereocenters. The molecule has 0 aromatic carbocycles. The minimum atomic E-state index is -1.57. The van der Waals surface area contributed by atoms with Gasteiger partial charge in [-0.25, -0.2) is 9.97 Å². The number of carbonyl (C=O) groups is 1. The first-order valence-corrected chi connectivity index (χ1v) is 13.6. The topological polar surface area (TPSA) is 121 Å². The van der Waals surface area contributed by atoms with Crippen molar-refractivity contribution in [3.05, 3.63) is 41.4 Å². The molecule has 3 heterocycles. The largest absolute Gasteiger partial charge is 0.393 e. The second kappa shape index (κ2) is 7.46. The minimum Gasteiger partial charge on any atom is -0.393 e. The number of hydrogen-bond acceptors (Lipinski definition) is 8. The summed E-state index contributed by atoms with van der Waals surface area (Å²) in [7, 11) is 0. The Morgan fingerprint density at radius 3 is 3.00 bits per heavy atom. The molecule has 3 aromatic heterocycles. The first kappa shape index (κ1) is 22.6. The van der Waals surface area contributed by atoms with Crippen molar-refractivity contribution >= 4 is 38.8 Å². The van der Waals surface area contributed by atoms with E-state index in [0.717, 1.165) is 47.4 Å². The highest BCUT2D eigenvalue weighted by Crippen LogP contribution is 2.67. The maximum Gasteiger partial charge on any atom is 0.258 e. The van der Waals surface area contributed by atoms with E-state index >= 15 is 0 Å². The Balaban J connectivity index is 1.19. The van der Waals surface area contributed by atoms with Crippen LogP contribution in [0.1, 0.15) is 57.3 Å². The van der Waals surface area contributed by atoms with Crippen molar-refractivity contribution in [2.24, 2.45) is 28.6 Å². The fourth-order valence-corrected chi connectivity index (χ4v) is 9.22. The van der Waals surface area contributed by atoms with Gasteiger partial charge in [0.15, 0.2) is 10.9 Å². The standard InChI is InChI=1S/C27H30N4O4S/c1-25-11-14-13-29-35-20(14)10-15(25)5-6-16-17-7-8-27(34,26(17,2)12-19(32)21(16)25)23(33)31-24-30-18-4-3-9-28-22(18)36-24/h3-4,9-10,13,16-17,19,21,32,34H,5-8,11-12H2,1-2H3,(H,30,31,33)/t16?,17?,19-,21?,25-,26-,27-/m0/s1. The summed E-state index contributed by atoms with van der Waals surface area (Å²) in [4.78, 5) is 23.1. The number of allylic oxidation sites excluding steroid dienone is 1. The van der Waals surface area contributed by atoms with Gasteiger partial charge < -0.3 is 14.7 Å². The van der Waals surface area contributed by atoms with Gasteiger partial charge in [0.2, 0.25) is 0 Å². The van der Waals surface area contributed by atoms with Crippen LogP contribution >= 0.6 is 11.3 Å². The molecule has 8 nitrogen and oxygen atoms in total. The van der Waals surface area contributed by atoms with Gasteiger partial charge in [-0.3, -0.25) is 10.1 Å². The van der Waals surface area contributed by atoms with Crippen LogP contribution in [0.2, 0.25) is 0 Å². The van der Waals surface area contributed by atoms with E-state index in [0.29, 0.717) is 18.0 Å². The number of aliphatic hydroxyl groups excluding tert-OH is 1. The number of carbonyl (C=O) groups excluding carboxylic acids is 1. The number of fused-ring (bicyclic) bond motifs is 7. The van der Waals surface area contributed by atoms with Crippen molar-refractivity contribution in [3.8, 4) is 0 Å². The number of aliphatic hydroxyl groups is 2. The van der Waals surface area contributed by atoms with E-state index in [9.17, 15) is 15.0 Å². The number of pyridine rings is 1. The van der Waals surface area contributed by atoms with Gasteiger partial charge >= 0.3 is 0 Å². The van der Waals surface area contributed by atoms with Crippen molar-refractivity contribution in [2.45, 2.75) is 64.1 Å². The molecule has 0 saturated heterocycles. The zero-order valence-electron chi connectivity index (χ0n) is 20.4. The molecule has 3 aromatic rings. The average molecular weight is 507 g/mol. The van der Waals surface area contributed by atoms with Crippen LogP contribution in [0.15, 0.2) is 34.6 Å².